The lowest BCUT2D eigenvalue weighted by Crippen LogP contribution is -2.35. The quantitative estimate of drug-likeness (QED) is 0.500. The number of sulfonamides is 1. The van der Waals surface area contributed by atoms with Gasteiger partial charge in [-0.25, -0.2) is 13.4 Å². The van der Waals surface area contributed by atoms with Crippen LogP contribution in [0.15, 0.2) is 58.2 Å². The summed E-state index contributed by atoms with van der Waals surface area (Å²) >= 11 is 6.10. The van der Waals surface area contributed by atoms with Crippen molar-refractivity contribution in [2.45, 2.75) is 18.7 Å². The zero-order valence-corrected chi connectivity index (χ0v) is 19.8. The Morgan fingerprint density at radius 3 is 2.64 bits per heavy atom. The molecule has 0 aliphatic heterocycles. The molecule has 2 N–H and O–H groups in total. The lowest BCUT2D eigenvalue weighted by Gasteiger charge is -2.18. The zero-order valence-electron chi connectivity index (χ0n) is 18.3. The molecule has 11 heteroatoms. The number of nitrogens with one attached hydrogen (secondary N) is 2. The SMILES string of the molecule is CCOc1ccc(S(=O)(=O)N(C)CC(=O)Nc2cccc(-c3nc(C)cc(=O)[nH]3)c2)cc1Cl. The van der Waals surface area contributed by atoms with Gasteiger partial charge in [-0.2, -0.15) is 4.31 Å². The number of ether oxygens (including phenoxy) is 1. The fourth-order valence-electron chi connectivity index (χ4n) is 3.04. The van der Waals surface area contributed by atoms with Crippen molar-refractivity contribution < 1.29 is 17.9 Å². The molecule has 1 heterocycles. The van der Waals surface area contributed by atoms with Gasteiger partial charge < -0.3 is 15.0 Å². The Kier molecular flexibility index (Phi) is 7.52. The monoisotopic (exact) mass is 490 g/mol. The zero-order chi connectivity index (χ0) is 24.2. The van der Waals surface area contributed by atoms with E-state index < -0.39 is 22.5 Å². The molecule has 0 spiro atoms. The molecule has 0 unspecified atom stereocenters. The number of anilines is 1. The third-order valence-corrected chi connectivity index (χ3v) is 6.66. The summed E-state index contributed by atoms with van der Waals surface area (Å²) in [5, 5.41) is 2.82. The summed E-state index contributed by atoms with van der Waals surface area (Å²) in [5.74, 6) is 0.201. The van der Waals surface area contributed by atoms with E-state index in [4.69, 9.17) is 16.3 Å². The molecule has 9 nitrogen and oxygen atoms in total. The number of aryl methyl sites for hydroxylation is 1. The number of hydrogen-bond donors (Lipinski definition) is 2. The molecule has 3 aromatic rings. The average molecular weight is 491 g/mol. The number of aromatic nitrogens is 2. The molecule has 1 aromatic heterocycles. The fraction of sp³-hybridized carbons (Fsp3) is 0.227. The largest absolute Gasteiger partial charge is 0.492 e. The highest BCUT2D eigenvalue weighted by Crippen LogP contribution is 2.28. The van der Waals surface area contributed by atoms with Gasteiger partial charge in [0, 0.05) is 30.1 Å². The smallest absolute Gasteiger partial charge is 0.251 e. The number of halogens is 1. The van der Waals surface area contributed by atoms with E-state index >= 15 is 0 Å². The Bertz CT molecular complexity index is 1340. The number of carbonyl (C=O) groups excluding carboxylic acids is 1. The van der Waals surface area contributed by atoms with Crippen LogP contribution < -0.4 is 15.6 Å². The van der Waals surface area contributed by atoms with Gasteiger partial charge in [0.2, 0.25) is 15.9 Å². The third kappa shape index (κ3) is 5.98. The number of amides is 1. The predicted octanol–water partition coefficient (Wildman–Crippen LogP) is 3.06. The number of H-pyrrole nitrogens is 1. The maximum Gasteiger partial charge on any atom is 0.251 e. The molecule has 0 aliphatic rings. The van der Waals surface area contributed by atoms with Gasteiger partial charge in [0.25, 0.3) is 5.56 Å². The first-order valence-corrected chi connectivity index (χ1v) is 11.8. The predicted molar refractivity (Wildman–Crippen MR) is 126 cm³/mol. The second-order valence-electron chi connectivity index (χ2n) is 7.15. The molecule has 0 radical (unpaired) electrons. The second kappa shape index (κ2) is 10.2. The minimum Gasteiger partial charge on any atom is -0.492 e. The Balaban J connectivity index is 1.73. The Morgan fingerprint density at radius 2 is 1.97 bits per heavy atom. The molecular weight excluding hydrogens is 468 g/mol. The third-order valence-electron chi connectivity index (χ3n) is 4.57. The molecule has 33 heavy (non-hydrogen) atoms. The molecule has 3 rings (SSSR count). The summed E-state index contributed by atoms with van der Waals surface area (Å²) in [6, 6.07) is 12.2. The fourth-order valence-corrected chi connectivity index (χ4v) is 4.50. The molecular formula is C22H23ClN4O5S. The maximum atomic E-state index is 12.8. The van der Waals surface area contributed by atoms with E-state index in [1.807, 2.05) is 0 Å². The van der Waals surface area contributed by atoms with Gasteiger partial charge in [-0.05, 0) is 44.2 Å². The van der Waals surface area contributed by atoms with Crippen LogP contribution in [0.4, 0.5) is 5.69 Å². The van der Waals surface area contributed by atoms with Crippen molar-refractivity contribution in [2.24, 2.45) is 0 Å². The van der Waals surface area contributed by atoms with Crippen LogP contribution in [0.25, 0.3) is 11.4 Å². The van der Waals surface area contributed by atoms with Crippen LogP contribution in [0.2, 0.25) is 5.02 Å². The molecule has 1 amide bonds. The van der Waals surface area contributed by atoms with Gasteiger partial charge in [-0.3, -0.25) is 9.59 Å². The number of carbonyl (C=O) groups is 1. The van der Waals surface area contributed by atoms with E-state index in [-0.39, 0.29) is 15.5 Å². The molecule has 0 fully saturated rings. The van der Waals surface area contributed by atoms with Gasteiger partial charge in [-0.1, -0.05) is 23.7 Å². The summed E-state index contributed by atoms with van der Waals surface area (Å²) in [5.41, 5.74) is 1.30. The van der Waals surface area contributed by atoms with Crippen LogP contribution >= 0.6 is 11.6 Å². The van der Waals surface area contributed by atoms with Gasteiger partial charge in [0.05, 0.1) is 23.1 Å². The summed E-state index contributed by atoms with van der Waals surface area (Å²) in [7, 11) is -2.66. The summed E-state index contributed by atoms with van der Waals surface area (Å²) in [6.07, 6.45) is 0. The highest BCUT2D eigenvalue weighted by molar-refractivity contribution is 7.89. The first-order valence-electron chi connectivity index (χ1n) is 9.97. The van der Waals surface area contributed by atoms with Crippen LogP contribution in [0.1, 0.15) is 12.6 Å². The summed E-state index contributed by atoms with van der Waals surface area (Å²) in [4.78, 5) is 31.1. The van der Waals surface area contributed by atoms with Crippen molar-refractivity contribution in [3.63, 3.8) is 0 Å². The topological polar surface area (TPSA) is 121 Å². The van der Waals surface area contributed by atoms with Gasteiger partial charge in [0.1, 0.15) is 11.6 Å². The lowest BCUT2D eigenvalue weighted by molar-refractivity contribution is -0.116. The summed E-state index contributed by atoms with van der Waals surface area (Å²) < 4.78 is 31.9. The number of rotatable bonds is 8. The van der Waals surface area contributed by atoms with Crippen molar-refractivity contribution in [2.75, 3.05) is 25.5 Å². The summed E-state index contributed by atoms with van der Waals surface area (Å²) in [6.45, 7) is 3.47. The van der Waals surface area contributed by atoms with Crippen LogP contribution in [0.5, 0.6) is 5.75 Å². The molecule has 174 valence electrons. The minimum atomic E-state index is -3.96. The Hall–Kier alpha value is -3.21. The van der Waals surface area contributed by atoms with E-state index in [2.05, 4.69) is 15.3 Å². The lowest BCUT2D eigenvalue weighted by atomic mass is 10.2. The highest BCUT2D eigenvalue weighted by atomic mass is 35.5. The molecule has 0 saturated carbocycles. The minimum absolute atomic E-state index is 0.0530. The molecule has 0 bridgehead atoms. The van der Waals surface area contributed by atoms with Gasteiger partial charge in [0.15, 0.2) is 0 Å². The van der Waals surface area contributed by atoms with Crippen LogP contribution in [-0.4, -0.2) is 48.8 Å². The Labute approximate surface area is 196 Å². The molecule has 2 aromatic carbocycles. The van der Waals surface area contributed by atoms with E-state index in [0.29, 0.717) is 35.1 Å². The number of aromatic amines is 1. The van der Waals surface area contributed by atoms with Gasteiger partial charge in [-0.15, -0.1) is 0 Å². The number of likely N-dealkylation sites (N-methyl/N-ethyl adjacent to an activating group) is 1. The van der Waals surface area contributed by atoms with E-state index in [0.717, 1.165) is 4.31 Å². The maximum absolute atomic E-state index is 12.8. The number of nitrogens with zero attached hydrogens (tertiary/aromatic N) is 2. The van der Waals surface area contributed by atoms with Crippen molar-refractivity contribution in [3.05, 3.63) is 69.6 Å². The van der Waals surface area contributed by atoms with Crippen LogP contribution in [-0.2, 0) is 14.8 Å². The Morgan fingerprint density at radius 1 is 1.21 bits per heavy atom. The van der Waals surface area contributed by atoms with Gasteiger partial charge >= 0.3 is 0 Å². The molecule has 0 atom stereocenters. The van der Waals surface area contributed by atoms with Crippen LogP contribution in [0.3, 0.4) is 0 Å². The average Bonchev–Trinajstić information content (AvgIpc) is 2.74. The van der Waals surface area contributed by atoms with E-state index in [9.17, 15) is 18.0 Å². The number of benzene rings is 2. The van der Waals surface area contributed by atoms with Crippen molar-refractivity contribution in [1.29, 1.82) is 0 Å². The standard InChI is InChI=1S/C22H23ClN4O5S/c1-4-32-19-9-8-17(12-18(19)23)33(30,31)27(3)13-21(29)25-16-7-5-6-15(11-16)22-24-14(2)10-20(28)26-22/h5-12H,4,13H2,1-3H3,(H,25,29)(H,24,26,28). The number of hydrogen-bond acceptors (Lipinski definition) is 6. The first kappa shape index (κ1) is 24.4. The van der Waals surface area contributed by atoms with E-state index in [1.54, 1.807) is 38.1 Å². The second-order valence-corrected chi connectivity index (χ2v) is 9.60. The van der Waals surface area contributed by atoms with Crippen molar-refractivity contribution >= 4 is 33.2 Å². The highest BCUT2D eigenvalue weighted by Gasteiger charge is 2.24. The van der Waals surface area contributed by atoms with Crippen LogP contribution in [0, 0.1) is 6.92 Å². The van der Waals surface area contributed by atoms with Crippen molar-refractivity contribution in [3.8, 4) is 17.1 Å². The normalized spacial score (nSPS) is 11.4. The first-order chi connectivity index (χ1) is 15.6. The van der Waals surface area contributed by atoms with Crippen molar-refractivity contribution in [1.82, 2.24) is 14.3 Å². The molecule has 0 saturated heterocycles. The van der Waals surface area contributed by atoms with E-state index in [1.165, 1.54) is 31.3 Å². The molecule has 0 aliphatic carbocycles.